The molecular formula is C27H41N5O5. The van der Waals surface area contributed by atoms with Gasteiger partial charge in [0, 0.05) is 40.7 Å². The van der Waals surface area contributed by atoms with Crippen LogP contribution < -0.4 is 15.1 Å². The maximum absolute atomic E-state index is 12.4. The van der Waals surface area contributed by atoms with Crippen LogP contribution in [0.1, 0.15) is 52.0 Å². The van der Waals surface area contributed by atoms with Crippen molar-refractivity contribution in [3.63, 3.8) is 0 Å². The van der Waals surface area contributed by atoms with Crippen molar-refractivity contribution >= 4 is 35.7 Å². The van der Waals surface area contributed by atoms with Crippen LogP contribution in [0.15, 0.2) is 18.2 Å². The fourth-order valence-electron chi connectivity index (χ4n) is 4.91. The van der Waals surface area contributed by atoms with Crippen LogP contribution in [0.4, 0.5) is 16.2 Å². The fourth-order valence-corrected chi connectivity index (χ4v) is 4.91. The van der Waals surface area contributed by atoms with Gasteiger partial charge in [-0.3, -0.25) is 24.6 Å². The number of hydrogen-bond donors (Lipinski definition) is 1. The molecule has 1 N–H and O–H groups in total. The van der Waals surface area contributed by atoms with Crippen molar-refractivity contribution in [3.05, 3.63) is 23.8 Å². The van der Waals surface area contributed by atoms with Gasteiger partial charge in [-0.15, -0.1) is 0 Å². The molecule has 10 heteroatoms. The van der Waals surface area contributed by atoms with Gasteiger partial charge in [-0.05, 0) is 76.7 Å². The molecule has 1 aromatic rings. The lowest BCUT2D eigenvalue weighted by atomic mass is 9.96. The molecule has 204 valence electrons. The van der Waals surface area contributed by atoms with Gasteiger partial charge in [0.2, 0.25) is 18.2 Å². The number of imide groups is 1. The molecule has 0 bridgehead atoms. The van der Waals surface area contributed by atoms with Gasteiger partial charge in [0.05, 0.1) is 11.4 Å². The summed E-state index contributed by atoms with van der Waals surface area (Å²) in [6, 6.07) is 5.49. The second-order valence-electron chi connectivity index (χ2n) is 11.2. The molecule has 0 aromatic heterocycles. The van der Waals surface area contributed by atoms with Crippen LogP contribution in [0.2, 0.25) is 0 Å². The lowest BCUT2D eigenvalue weighted by Gasteiger charge is -2.35. The van der Waals surface area contributed by atoms with E-state index in [2.05, 4.69) is 10.2 Å². The molecule has 4 amide bonds. The molecule has 0 aliphatic carbocycles. The number of carbonyl (C=O) groups is 4. The van der Waals surface area contributed by atoms with E-state index in [4.69, 9.17) is 4.74 Å². The van der Waals surface area contributed by atoms with Crippen molar-refractivity contribution in [1.29, 1.82) is 0 Å². The summed E-state index contributed by atoms with van der Waals surface area (Å²) in [5.74, 6) is -0.145. The van der Waals surface area contributed by atoms with Gasteiger partial charge in [0.15, 0.2) is 0 Å². The van der Waals surface area contributed by atoms with Crippen LogP contribution in [-0.2, 0) is 25.7 Å². The molecular weight excluding hydrogens is 474 g/mol. The third-order valence-corrected chi connectivity index (χ3v) is 6.99. The highest BCUT2D eigenvalue weighted by Gasteiger charge is 2.31. The zero-order valence-corrected chi connectivity index (χ0v) is 23.0. The Kier molecular flexibility index (Phi) is 9.17. The summed E-state index contributed by atoms with van der Waals surface area (Å²) in [5, 5.41) is 2.40. The molecule has 1 unspecified atom stereocenters. The molecule has 0 radical (unpaired) electrons. The zero-order valence-electron chi connectivity index (χ0n) is 23.0. The van der Waals surface area contributed by atoms with Crippen LogP contribution in [0.5, 0.6) is 0 Å². The number of likely N-dealkylation sites (tertiary alicyclic amines) is 1. The summed E-state index contributed by atoms with van der Waals surface area (Å²) < 4.78 is 5.46. The Hall–Kier alpha value is -3.14. The van der Waals surface area contributed by atoms with Crippen LogP contribution in [0.25, 0.3) is 0 Å². The number of anilines is 2. The minimum Gasteiger partial charge on any atom is -0.444 e. The monoisotopic (exact) mass is 515 g/mol. The number of nitrogens with one attached hydrogen (secondary N) is 1. The van der Waals surface area contributed by atoms with E-state index in [1.54, 1.807) is 19.0 Å². The molecule has 2 fully saturated rings. The van der Waals surface area contributed by atoms with Crippen molar-refractivity contribution in [3.8, 4) is 0 Å². The van der Waals surface area contributed by atoms with Gasteiger partial charge in [0.25, 0.3) is 0 Å². The minimum atomic E-state index is -0.502. The van der Waals surface area contributed by atoms with Crippen molar-refractivity contribution in [2.75, 3.05) is 50.6 Å². The van der Waals surface area contributed by atoms with E-state index in [1.165, 1.54) is 4.90 Å². The van der Waals surface area contributed by atoms with E-state index in [1.807, 2.05) is 50.9 Å². The summed E-state index contributed by atoms with van der Waals surface area (Å²) >= 11 is 0. The van der Waals surface area contributed by atoms with Crippen molar-refractivity contribution in [1.82, 2.24) is 15.1 Å². The number of rotatable bonds is 8. The zero-order chi connectivity index (χ0) is 27.3. The summed E-state index contributed by atoms with van der Waals surface area (Å²) in [5.41, 5.74) is 2.05. The van der Waals surface area contributed by atoms with Crippen molar-refractivity contribution in [2.24, 2.45) is 5.92 Å². The Morgan fingerprint density at radius 2 is 1.78 bits per heavy atom. The van der Waals surface area contributed by atoms with E-state index in [0.717, 1.165) is 50.1 Å². The van der Waals surface area contributed by atoms with E-state index in [9.17, 15) is 19.2 Å². The summed E-state index contributed by atoms with van der Waals surface area (Å²) in [4.78, 5) is 55.3. The molecule has 2 aliphatic rings. The lowest BCUT2D eigenvalue weighted by Crippen LogP contribution is -2.51. The molecule has 1 aromatic carbocycles. The first-order valence-electron chi connectivity index (χ1n) is 12.9. The largest absolute Gasteiger partial charge is 0.444 e. The van der Waals surface area contributed by atoms with E-state index in [0.29, 0.717) is 31.0 Å². The molecule has 2 saturated heterocycles. The SMILES string of the molecule is CN(CC1CCN(Cc2ccc(N(C)C3CCC(=O)NC3=O)c(N(C)C=O)c2)CC1)C(=O)OC(C)(C)C. The van der Waals surface area contributed by atoms with Gasteiger partial charge < -0.3 is 19.4 Å². The Morgan fingerprint density at radius 1 is 1.11 bits per heavy atom. The van der Waals surface area contributed by atoms with E-state index >= 15 is 0 Å². The molecule has 37 heavy (non-hydrogen) atoms. The smallest absolute Gasteiger partial charge is 0.410 e. The molecule has 2 aliphatic heterocycles. The normalized spacial score (nSPS) is 19.2. The third-order valence-electron chi connectivity index (χ3n) is 6.99. The second kappa shape index (κ2) is 11.9. The Labute approximate surface area is 219 Å². The van der Waals surface area contributed by atoms with Crippen molar-refractivity contribution < 1.29 is 23.9 Å². The summed E-state index contributed by atoms with van der Waals surface area (Å²) in [7, 11) is 5.30. The lowest BCUT2D eigenvalue weighted by molar-refractivity contribution is -0.134. The van der Waals surface area contributed by atoms with Crippen LogP contribution in [0.3, 0.4) is 0 Å². The second-order valence-corrected chi connectivity index (χ2v) is 11.2. The summed E-state index contributed by atoms with van der Waals surface area (Å²) in [6.07, 6.45) is 3.18. The number of piperidine rings is 2. The molecule has 10 nitrogen and oxygen atoms in total. The number of nitrogens with zero attached hydrogens (tertiary/aromatic N) is 4. The van der Waals surface area contributed by atoms with Gasteiger partial charge in [-0.1, -0.05) is 6.07 Å². The number of likely N-dealkylation sites (N-methyl/N-ethyl adjacent to an activating group) is 1. The Balaban J connectivity index is 1.61. The fraction of sp³-hybridized carbons (Fsp3) is 0.630. The Bertz CT molecular complexity index is 999. The molecule has 0 spiro atoms. The van der Waals surface area contributed by atoms with Crippen LogP contribution >= 0.6 is 0 Å². The molecule has 0 saturated carbocycles. The highest BCUT2D eigenvalue weighted by atomic mass is 16.6. The predicted molar refractivity (Wildman–Crippen MR) is 142 cm³/mol. The standard InChI is InChI=1S/C27H41N5O5/c1-27(2,3)37-26(36)29(4)16-19-11-13-32(14-12-19)17-20-7-8-21(23(15-20)30(5)18-33)31(6)22-9-10-24(34)28-25(22)35/h7-8,15,18-19,22H,9-14,16-17H2,1-6H3,(H,28,34,35). The van der Waals surface area contributed by atoms with Gasteiger partial charge in [0.1, 0.15) is 11.6 Å². The quantitative estimate of drug-likeness (QED) is 0.419. The van der Waals surface area contributed by atoms with E-state index in [-0.39, 0.29) is 17.9 Å². The van der Waals surface area contributed by atoms with Crippen molar-refractivity contribution in [2.45, 2.75) is 64.6 Å². The average molecular weight is 516 g/mol. The highest BCUT2D eigenvalue weighted by Crippen LogP contribution is 2.32. The van der Waals surface area contributed by atoms with E-state index < -0.39 is 11.6 Å². The predicted octanol–water partition coefficient (Wildman–Crippen LogP) is 2.60. The van der Waals surface area contributed by atoms with Gasteiger partial charge >= 0.3 is 6.09 Å². The van der Waals surface area contributed by atoms with Crippen LogP contribution in [-0.4, -0.2) is 86.5 Å². The highest BCUT2D eigenvalue weighted by molar-refractivity contribution is 6.02. The molecule has 2 heterocycles. The number of carbonyl (C=O) groups excluding carboxylic acids is 4. The maximum Gasteiger partial charge on any atom is 0.410 e. The van der Waals surface area contributed by atoms with Crippen LogP contribution in [0, 0.1) is 5.92 Å². The average Bonchev–Trinajstić information content (AvgIpc) is 2.83. The number of hydrogen-bond acceptors (Lipinski definition) is 7. The van der Waals surface area contributed by atoms with Gasteiger partial charge in [-0.2, -0.15) is 0 Å². The first-order chi connectivity index (χ1) is 17.4. The first-order valence-corrected chi connectivity index (χ1v) is 12.9. The number of amides is 4. The molecule has 1 atom stereocenters. The summed E-state index contributed by atoms with van der Waals surface area (Å²) in [6.45, 7) is 8.88. The van der Waals surface area contributed by atoms with Gasteiger partial charge in [-0.25, -0.2) is 4.79 Å². The maximum atomic E-state index is 12.4. The minimum absolute atomic E-state index is 0.254. The topological polar surface area (TPSA) is 103 Å². The Morgan fingerprint density at radius 3 is 2.38 bits per heavy atom. The third kappa shape index (κ3) is 7.67. The number of benzene rings is 1. The molecule has 3 rings (SSSR count). The first kappa shape index (κ1) is 28.4. The number of ether oxygens (including phenoxy) is 1.